The van der Waals surface area contributed by atoms with E-state index in [9.17, 15) is 5.11 Å². The van der Waals surface area contributed by atoms with Crippen LogP contribution in [0.25, 0.3) is 0 Å². The molecule has 2 bridgehead atoms. The van der Waals surface area contributed by atoms with Crippen LogP contribution in [0.15, 0.2) is 0 Å². The Morgan fingerprint density at radius 1 is 1.28 bits per heavy atom. The van der Waals surface area contributed by atoms with Crippen LogP contribution in [-0.4, -0.2) is 40.9 Å². The Morgan fingerprint density at radius 2 is 2.17 bits per heavy atom. The number of nitrogens with zero attached hydrogens (tertiary/aromatic N) is 1. The highest BCUT2D eigenvalue weighted by atomic mass is 32.1. The number of fused-ring (bicyclic) bond motifs is 2. The van der Waals surface area contributed by atoms with E-state index in [1.54, 1.807) is 0 Å². The Labute approximate surface area is 115 Å². The molecule has 2 N–H and O–H groups in total. The molecule has 4 heteroatoms. The Hall–Kier alpha value is -0.350. The predicted molar refractivity (Wildman–Crippen MR) is 76.4 cm³/mol. The zero-order valence-electron chi connectivity index (χ0n) is 11.0. The molecule has 0 aromatic carbocycles. The van der Waals surface area contributed by atoms with Crippen LogP contribution in [-0.2, 0) is 0 Å². The van der Waals surface area contributed by atoms with Gasteiger partial charge in [0.1, 0.15) is 0 Å². The van der Waals surface area contributed by atoms with Crippen LogP contribution in [0.2, 0.25) is 0 Å². The van der Waals surface area contributed by atoms with E-state index in [2.05, 4.69) is 10.2 Å². The number of aliphatic hydroxyl groups is 1. The topological polar surface area (TPSA) is 35.5 Å². The second-order valence-electron chi connectivity index (χ2n) is 6.37. The van der Waals surface area contributed by atoms with E-state index in [1.165, 1.54) is 25.7 Å². The average Bonchev–Trinajstić information content (AvgIpc) is 3.01. The van der Waals surface area contributed by atoms with Crippen molar-refractivity contribution in [3.63, 3.8) is 0 Å². The van der Waals surface area contributed by atoms with Crippen LogP contribution in [0.4, 0.5) is 0 Å². The molecule has 1 saturated heterocycles. The van der Waals surface area contributed by atoms with Crippen molar-refractivity contribution in [1.29, 1.82) is 0 Å². The number of hydrogen-bond donors (Lipinski definition) is 2. The monoisotopic (exact) mass is 268 g/mol. The van der Waals surface area contributed by atoms with Gasteiger partial charge in [0.15, 0.2) is 5.11 Å². The summed E-state index contributed by atoms with van der Waals surface area (Å²) in [6.07, 6.45) is 7.87. The van der Waals surface area contributed by atoms with E-state index < -0.39 is 0 Å². The number of hydrogen-bond acceptors (Lipinski definition) is 2. The molecular weight excluding hydrogens is 244 g/mol. The van der Waals surface area contributed by atoms with Gasteiger partial charge in [-0.3, -0.25) is 0 Å². The fourth-order valence-electron chi connectivity index (χ4n) is 4.07. The fourth-order valence-corrected chi connectivity index (χ4v) is 4.39. The third kappa shape index (κ3) is 2.50. The molecule has 0 amide bonds. The van der Waals surface area contributed by atoms with Gasteiger partial charge >= 0.3 is 0 Å². The van der Waals surface area contributed by atoms with Crippen molar-refractivity contribution in [3.05, 3.63) is 0 Å². The van der Waals surface area contributed by atoms with Gasteiger partial charge < -0.3 is 15.3 Å². The summed E-state index contributed by atoms with van der Waals surface area (Å²) in [6.45, 7) is 2.29. The minimum atomic E-state index is 0.299. The lowest BCUT2D eigenvalue weighted by Gasteiger charge is -2.36. The van der Waals surface area contributed by atoms with Gasteiger partial charge in [-0.1, -0.05) is 6.42 Å². The van der Waals surface area contributed by atoms with E-state index in [1.807, 2.05) is 0 Å². The molecule has 0 radical (unpaired) electrons. The molecular formula is C14H24N2OS. The molecule has 0 spiro atoms. The maximum Gasteiger partial charge on any atom is 0.169 e. The minimum absolute atomic E-state index is 0.299. The first-order valence-electron chi connectivity index (χ1n) is 7.42. The van der Waals surface area contributed by atoms with E-state index >= 15 is 0 Å². The number of piperidine rings is 1. The number of nitrogens with one attached hydrogen (secondary N) is 1. The van der Waals surface area contributed by atoms with Crippen molar-refractivity contribution in [2.24, 2.45) is 17.8 Å². The van der Waals surface area contributed by atoms with Gasteiger partial charge in [-0.25, -0.2) is 0 Å². The van der Waals surface area contributed by atoms with Crippen LogP contribution < -0.4 is 5.32 Å². The number of rotatable bonds is 2. The highest BCUT2D eigenvalue weighted by molar-refractivity contribution is 7.80. The van der Waals surface area contributed by atoms with Crippen molar-refractivity contribution in [2.75, 3.05) is 19.7 Å². The van der Waals surface area contributed by atoms with Crippen molar-refractivity contribution in [1.82, 2.24) is 10.2 Å². The van der Waals surface area contributed by atoms with Crippen LogP contribution >= 0.6 is 12.2 Å². The van der Waals surface area contributed by atoms with E-state index in [0.29, 0.717) is 18.6 Å². The van der Waals surface area contributed by atoms with Gasteiger partial charge in [0, 0.05) is 25.7 Å². The Morgan fingerprint density at radius 3 is 2.83 bits per heavy atom. The molecule has 3 aliphatic rings. The standard InChI is InChI=1S/C14H24N2OS/c17-9-11-2-1-5-16(8-11)14(18)15-13-7-10-3-4-12(13)6-10/h10-13,17H,1-9H2,(H,15,18). The van der Waals surface area contributed by atoms with Crippen molar-refractivity contribution in [2.45, 2.75) is 44.6 Å². The lowest BCUT2D eigenvalue weighted by Crippen LogP contribution is -2.50. The molecule has 3 nitrogen and oxygen atoms in total. The predicted octanol–water partition coefficient (Wildman–Crippen LogP) is 1.75. The Bertz CT molecular complexity index is 323. The van der Waals surface area contributed by atoms with Gasteiger partial charge in [0.05, 0.1) is 0 Å². The molecule has 4 atom stereocenters. The highest BCUT2D eigenvalue weighted by Gasteiger charge is 2.40. The van der Waals surface area contributed by atoms with E-state index in [4.69, 9.17) is 12.2 Å². The number of likely N-dealkylation sites (tertiary alicyclic amines) is 1. The normalized spacial score (nSPS) is 39.1. The molecule has 0 aromatic heterocycles. The molecule has 4 unspecified atom stereocenters. The van der Waals surface area contributed by atoms with Crippen LogP contribution in [0.1, 0.15) is 38.5 Å². The summed E-state index contributed by atoms with van der Waals surface area (Å²) in [5.41, 5.74) is 0. The van der Waals surface area contributed by atoms with Gasteiger partial charge in [-0.15, -0.1) is 0 Å². The summed E-state index contributed by atoms with van der Waals surface area (Å²) in [4.78, 5) is 2.27. The second kappa shape index (κ2) is 5.33. The summed E-state index contributed by atoms with van der Waals surface area (Å²) in [5, 5.41) is 13.8. The highest BCUT2D eigenvalue weighted by Crippen LogP contribution is 2.44. The number of aliphatic hydroxyl groups excluding tert-OH is 1. The minimum Gasteiger partial charge on any atom is -0.396 e. The van der Waals surface area contributed by atoms with Crippen LogP contribution in [0.3, 0.4) is 0 Å². The zero-order chi connectivity index (χ0) is 12.5. The largest absolute Gasteiger partial charge is 0.396 e. The molecule has 102 valence electrons. The average molecular weight is 268 g/mol. The quantitative estimate of drug-likeness (QED) is 0.748. The summed E-state index contributed by atoms with van der Waals surface area (Å²) in [5.74, 6) is 2.24. The van der Waals surface area contributed by atoms with Crippen LogP contribution in [0, 0.1) is 17.8 Å². The molecule has 1 heterocycles. The second-order valence-corrected chi connectivity index (χ2v) is 6.75. The SMILES string of the molecule is OCC1CCCN(C(=S)NC2CC3CCC2C3)C1. The molecule has 1 aliphatic heterocycles. The summed E-state index contributed by atoms with van der Waals surface area (Å²) in [7, 11) is 0. The third-order valence-corrected chi connectivity index (χ3v) is 5.49. The van der Waals surface area contributed by atoms with Gasteiger partial charge in [-0.2, -0.15) is 0 Å². The van der Waals surface area contributed by atoms with Gasteiger partial charge in [0.25, 0.3) is 0 Å². The zero-order valence-corrected chi connectivity index (χ0v) is 11.8. The lowest BCUT2D eigenvalue weighted by molar-refractivity contribution is 0.159. The first-order valence-corrected chi connectivity index (χ1v) is 7.83. The molecule has 18 heavy (non-hydrogen) atoms. The smallest absolute Gasteiger partial charge is 0.169 e. The third-order valence-electron chi connectivity index (χ3n) is 5.11. The van der Waals surface area contributed by atoms with Crippen molar-refractivity contribution < 1.29 is 5.11 Å². The molecule has 0 aromatic rings. The summed E-state index contributed by atoms with van der Waals surface area (Å²) < 4.78 is 0. The Balaban J connectivity index is 1.52. The lowest BCUT2D eigenvalue weighted by atomic mass is 9.95. The maximum absolute atomic E-state index is 9.27. The fraction of sp³-hybridized carbons (Fsp3) is 0.929. The molecule has 3 fully saturated rings. The molecule has 2 aliphatic carbocycles. The first-order chi connectivity index (χ1) is 8.76. The van der Waals surface area contributed by atoms with E-state index in [0.717, 1.165) is 42.9 Å². The Kier molecular flexibility index (Phi) is 3.76. The van der Waals surface area contributed by atoms with E-state index in [-0.39, 0.29) is 0 Å². The summed E-state index contributed by atoms with van der Waals surface area (Å²) >= 11 is 5.56. The van der Waals surface area contributed by atoms with Crippen LogP contribution in [0.5, 0.6) is 0 Å². The maximum atomic E-state index is 9.27. The van der Waals surface area contributed by atoms with Crippen molar-refractivity contribution in [3.8, 4) is 0 Å². The molecule has 2 saturated carbocycles. The van der Waals surface area contributed by atoms with Crippen molar-refractivity contribution >= 4 is 17.3 Å². The first kappa shape index (κ1) is 12.7. The summed E-state index contributed by atoms with van der Waals surface area (Å²) in [6, 6.07) is 0.630. The van der Waals surface area contributed by atoms with Gasteiger partial charge in [0.2, 0.25) is 0 Å². The molecule has 3 rings (SSSR count). The van der Waals surface area contributed by atoms with Gasteiger partial charge in [-0.05, 0) is 62.1 Å². The number of thiocarbonyl (C=S) groups is 1.